The summed E-state index contributed by atoms with van der Waals surface area (Å²) in [6.45, 7) is 0. The van der Waals surface area contributed by atoms with Gasteiger partial charge in [0.2, 0.25) is 2.14 Å². The molecule has 90 valence electrons. The molecular weight excluding hydrogens is 404 g/mol. The van der Waals surface area contributed by atoms with Crippen molar-refractivity contribution in [3.63, 3.8) is 0 Å². The van der Waals surface area contributed by atoms with Gasteiger partial charge in [-0.1, -0.05) is 0 Å². The van der Waals surface area contributed by atoms with E-state index in [0.717, 1.165) is 24.7 Å². The molecule has 0 radical (unpaired) electrons. The van der Waals surface area contributed by atoms with E-state index in [1.54, 1.807) is 0 Å². The molecule has 0 spiro atoms. The van der Waals surface area contributed by atoms with E-state index < -0.39 is 2.14 Å². The van der Waals surface area contributed by atoms with Crippen molar-refractivity contribution in [2.24, 2.45) is 17.8 Å². The molecule has 2 nitrogen and oxygen atoms in total. The summed E-state index contributed by atoms with van der Waals surface area (Å²) in [5, 5.41) is 0. The second kappa shape index (κ2) is 3.70. The Morgan fingerprint density at radius 2 is 1.69 bits per heavy atom. The maximum absolute atomic E-state index is 11.9. The fourth-order valence-electron chi connectivity index (χ4n) is 4.13. The summed E-state index contributed by atoms with van der Waals surface area (Å²) in [5.74, 6) is 1.98. The van der Waals surface area contributed by atoms with E-state index in [1.165, 1.54) is 19.3 Å². The van der Waals surface area contributed by atoms with Gasteiger partial charge in [0.1, 0.15) is 5.60 Å². The second-order valence-corrected chi connectivity index (χ2v) is 12.3. The topological polar surface area (TPSA) is 26.3 Å². The van der Waals surface area contributed by atoms with Crippen LogP contribution in [-0.4, -0.2) is 13.7 Å². The number of alkyl halides is 3. The Kier molecular flexibility index (Phi) is 2.77. The largest absolute Gasteiger partial charge is 0.456 e. The number of halogens is 3. The highest BCUT2D eigenvalue weighted by atomic mass is 80.0. The van der Waals surface area contributed by atoms with Gasteiger partial charge in [-0.25, -0.2) is 4.79 Å². The first-order chi connectivity index (χ1) is 7.39. The third-order valence-electron chi connectivity index (χ3n) is 4.44. The molecule has 4 aliphatic carbocycles. The van der Waals surface area contributed by atoms with E-state index in [9.17, 15) is 4.79 Å². The predicted molar refractivity (Wildman–Crippen MR) is 71.9 cm³/mol. The quantitative estimate of drug-likeness (QED) is 0.478. The van der Waals surface area contributed by atoms with Gasteiger partial charge in [-0.3, -0.25) is 0 Å². The minimum atomic E-state index is -0.915. The Hall–Kier alpha value is 0.910. The normalized spacial score (nSPS) is 45.1. The van der Waals surface area contributed by atoms with Gasteiger partial charge in [0.25, 0.3) is 0 Å². The molecule has 4 aliphatic rings. The van der Waals surface area contributed by atoms with E-state index in [2.05, 4.69) is 47.8 Å². The average Bonchev–Trinajstić information content (AvgIpc) is 2.49. The van der Waals surface area contributed by atoms with Crippen molar-refractivity contribution in [1.82, 2.24) is 0 Å². The molecule has 4 fully saturated rings. The molecule has 4 saturated carbocycles. The smallest absolute Gasteiger partial charge is 0.345 e. The Bertz CT molecular complexity index is 323. The zero-order valence-electron chi connectivity index (χ0n) is 8.72. The van der Waals surface area contributed by atoms with Crippen molar-refractivity contribution in [3.05, 3.63) is 0 Å². The molecule has 0 aliphatic heterocycles. The number of carbonyl (C=O) groups is 1. The van der Waals surface area contributed by atoms with Gasteiger partial charge < -0.3 is 4.74 Å². The van der Waals surface area contributed by atoms with Gasteiger partial charge in [0.05, 0.1) is 0 Å². The SMILES string of the molecule is O=C(OC12CC3CC(CC1C3)C2)C(Br)(Br)Br. The fourth-order valence-corrected chi connectivity index (χ4v) is 4.37. The van der Waals surface area contributed by atoms with E-state index in [0.29, 0.717) is 5.92 Å². The lowest BCUT2D eigenvalue weighted by atomic mass is 9.81. The van der Waals surface area contributed by atoms with Crippen molar-refractivity contribution in [1.29, 1.82) is 0 Å². The first kappa shape index (κ1) is 12.0. The van der Waals surface area contributed by atoms with Gasteiger partial charge in [-0.05, 0) is 97.6 Å². The number of ether oxygens (including phenoxy) is 1. The Balaban J connectivity index is 1.78. The summed E-state index contributed by atoms with van der Waals surface area (Å²) >= 11 is 9.69. The molecule has 5 heteroatoms. The summed E-state index contributed by atoms with van der Waals surface area (Å²) in [6.07, 6.45) is 6.07. The van der Waals surface area contributed by atoms with Gasteiger partial charge in [-0.2, -0.15) is 0 Å². The number of esters is 1. The molecule has 4 bridgehead atoms. The first-order valence-electron chi connectivity index (χ1n) is 5.69. The number of carbonyl (C=O) groups excluding carboxylic acids is 1. The third kappa shape index (κ3) is 1.81. The maximum atomic E-state index is 11.9. The highest BCUT2D eigenvalue weighted by Gasteiger charge is 2.60. The summed E-state index contributed by atoms with van der Waals surface area (Å²) in [5.41, 5.74) is -0.134. The molecule has 2 atom stereocenters. The Morgan fingerprint density at radius 3 is 2.19 bits per heavy atom. The van der Waals surface area contributed by atoms with Gasteiger partial charge in [0, 0.05) is 0 Å². The highest BCUT2D eigenvalue weighted by molar-refractivity contribution is 9.40. The van der Waals surface area contributed by atoms with Crippen LogP contribution in [0.15, 0.2) is 0 Å². The second-order valence-electron chi connectivity index (χ2n) is 5.50. The molecule has 16 heavy (non-hydrogen) atoms. The Morgan fingerprint density at radius 1 is 1.12 bits per heavy atom. The van der Waals surface area contributed by atoms with Crippen molar-refractivity contribution in [2.45, 2.75) is 39.8 Å². The fraction of sp³-hybridized carbons (Fsp3) is 0.909. The number of hydrogen-bond acceptors (Lipinski definition) is 2. The summed E-state index contributed by atoms with van der Waals surface area (Å²) in [6, 6.07) is 0. The molecule has 2 unspecified atom stereocenters. The van der Waals surface area contributed by atoms with Crippen LogP contribution >= 0.6 is 47.8 Å². The maximum Gasteiger partial charge on any atom is 0.345 e. The van der Waals surface area contributed by atoms with Crippen molar-refractivity contribution in [3.8, 4) is 0 Å². The van der Waals surface area contributed by atoms with Gasteiger partial charge in [-0.15, -0.1) is 0 Å². The Labute approximate surface area is 120 Å². The van der Waals surface area contributed by atoms with E-state index in [-0.39, 0.29) is 11.6 Å². The predicted octanol–water partition coefficient (Wildman–Crippen LogP) is 3.95. The number of hydrogen-bond donors (Lipinski definition) is 0. The van der Waals surface area contributed by atoms with Crippen LogP contribution in [0.5, 0.6) is 0 Å². The molecule has 0 aromatic heterocycles. The summed E-state index contributed by atoms with van der Waals surface area (Å²) in [7, 11) is 0. The standard InChI is InChI=1S/C11H13Br3O2/c12-11(13,14)9(15)16-10-4-6-1-7(5-10)3-8(10)2-6/h6-8H,1-5H2. The van der Waals surface area contributed by atoms with Crippen LogP contribution in [0.2, 0.25) is 0 Å². The molecule has 0 saturated heterocycles. The van der Waals surface area contributed by atoms with E-state index >= 15 is 0 Å². The zero-order valence-corrected chi connectivity index (χ0v) is 13.5. The molecule has 0 heterocycles. The third-order valence-corrected chi connectivity index (χ3v) is 5.41. The van der Waals surface area contributed by atoms with Crippen LogP contribution in [0.3, 0.4) is 0 Å². The zero-order chi connectivity index (χ0) is 11.6. The minimum absolute atomic E-state index is 0.134. The highest BCUT2D eigenvalue weighted by Crippen LogP contribution is 2.62. The summed E-state index contributed by atoms with van der Waals surface area (Å²) in [4.78, 5) is 11.9. The summed E-state index contributed by atoms with van der Waals surface area (Å²) < 4.78 is 4.89. The molecular formula is C11H13Br3O2. The van der Waals surface area contributed by atoms with Crippen molar-refractivity contribution >= 4 is 53.8 Å². The molecule has 0 aromatic carbocycles. The van der Waals surface area contributed by atoms with Crippen molar-refractivity contribution < 1.29 is 9.53 Å². The molecule has 0 N–H and O–H groups in total. The van der Waals surface area contributed by atoms with Crippen LogP contribution in [-0.2, 0) is 9.53 Å². The van der Waals surface area contributed by atoms with Crippen LogP contribution < -0.4 is 0 Å². The van der Waals surface area contributed by atoms with Crippen LogP contribution in [0.4, 0.5) is 0 Å². The molecule has 4 rings (SSSR count). The van der Waals surface area contributed by atoms with Crippen LogP contribution in [0.1, 0.15) is 32.1 Å². The van der Waals surface area contributed by atoms with Crippen LogP contribution in [0.25, 0.3) is 0 Å². The monoisotopic (exact) mass is 414 g/mol. The van der Waals surface area contributed by atoms with Crippen molar-refractivity contribution in [2.75, 3.05) is 0 Å². The molecule has 0 aromatic rings. The lowest BCUT2D eigenvalue weighted by Gasteiger charge is -2.33. The van der Waals surface area contributed by atoms with E-state index in [1.807, 2.05) is 0 Å². The van der Waals surface area contributed by atoms with Crippen LogP contribution in [0, 0.1) is 17.8 Å². The van der Waals surface area contributed by atoms with Gasteiger partial charge >= 0.3 is 5.97 Å². The lowest BCUT2D eigenvalue weighted by molar-refractivity contribution is -0.160. The van der Waals surface area contributed by atoms with Gasteiger partial charge in [0.15, 0.2) is 0 Å². The number of rotatable bonds is 1. The first-order valence-corrected chi connectivity index (χ1v) is 8.07. The minimum Gasteiger partial charge on any atom is -0.456 e. The lowest BCUT2D eigenvalue weighted by Crippen LogP contribution is -2.39. The van der Waals surface area contributed by atoms with E-state index in [4.69, 9.17) is 4.74 Å². The molecule has 0 amide bonds. The average molecular weight is 417 g/mol.